The molecule has 0 atom stereocenters. The fourth-order valence-electron chi connectivity index (χ4n) is 2.75. The van der Waals surface area contributed by atoms with E-state index in [1.165, 1.54) is 0 Å². The summed E-state index contributed by atoms with van der Waals surface area (Å²) in [7, 11) is 0. The Morgan fingerprint density at radius 3 is 2.59 bits per heavy atom. The van der Waals surface area contributed by atoms with Crippen LogP contribution in [0.25, 0.3) is 0 Å². The van der Waals surface area contributed by atoms with Gasteiger partial charge in [-0.3, -0.25) is 0 Å². The van der Waals surface area contributed by atoms with Gasteiger partial charge in [-0.25, -0.2) is 9.79 Å². The van der Waals surface area contributed by atoms with Gasteiger partial charge in [0.05, 0.1) is 13.2 Å². The van der Waals surface area contributed by atoms with Gasteiger partial charge in [-0.2, -0.15) is 0 Å². The SMILES string of the molecule is CCNC(=NCc1ccc(Cl)cc1Cl)NC1CCN(C(=O)OCC)CC1.I. The van der Waals surface area contributed by atoms with Crippen LogP contribution in [-0.4, -0.2) is 49.2 Å². The summed E-state index contributed by atoms with van der Waals surface area (Å²) in [6.45, 7) is 6.84. The lowest BCUT2D eigenvalue weighted by Gasteiger charge is -2.32. The summed E-state index contributed by atoms with van der Waals surface area (Å²) in [4.78, 5) is 18.1. The number of benzene rings is 1. The van der Waals surface area contributed by atoms with Crippen LogP contribution in [0.2, 0.25) is 10.0 Å². The Morgan fingerprint density at radius 1 is 1.30 bits per heavy atom. The number of piperidine rings is 1. The molecule has 0 radical (unpaired) electrons. The molecule has 1 aliphatic rings. The van der Waals surface area contributed by atoms with Gasteiger partial charge in [0, 0.05) is 35.7 Å². The van der Waals surface area contributed by atoms with Crippen molar-refractivity contribution < 1.29 is 9.53 Å². The summed E-state index contributed by atoms with van der Waals surface area (Å²) >= 11 is 12.1. The average Bonchev–Trinajstić information content (AvgIpc) is 2.62. The molecule has 2 N–H and O–H groups in total. The number of rotatable bonds is 5. The third-order valence-electron chi connectivity index (χ3n) is 4.13. The molecule has 1 heterocycles. The van der Waals surface area contributed by atoms with E-state index in [4.69, 9.17) is 27.9 Å². The van der Waals surface area contributed by atoms with Crippen LogP contribution in [0, 0.1) is 0 Å². The zero-order chi connectivity index (χ0) is 18.9. The molecule has 1 aromatic rings. The number of amides is 1. The maximum Gasteiger partial charge on any atom is 0.409 e. The quantitative estimate of drug-likeness (QED) is 0.340. The van der Waals surface area contributed by atoms with Crippen molar-refractivity contribution >= 4 is 59.2 Å². The van der Waals surface area contributed by atoms with Gasteiger partial charge < -0.3 is 20.3 Å². The van der Waals surface area contributed by atoms with Crippen molar-refractivity contribution in [1.29, 1.82) is 0 Å². The third kappa shape index (κ3) is 7.91. The Hall–Kier alpha value is -0.930. The van der Waals surface area contributed by atoms with E-state index < -0.39 is 0 Å². The summed E-state index contributed by atoms with van der Waals surface area (Å²) in [5.41, 5.74) is 0.922. The van der Waals surface area contributed by atoms with Crippen molar-refractivity contribution in [1.82, 2.24) is 15.5 Å². The molecule has 0 unspecified atom stereocenters. The molecule has 27 heavy (non-hydrogen) atoms. The zero-order valence-electron chi connectivity index (χ0n) is 15.6. The summed E-state index contributed by atoms with van der Waals surface area (Å²) in [6.07, 6.45) is 1.47. The van der Waals surface area contributed by atoms with Crippen molar-refractivity contribution in [2.75, 3.05) is 26.2 Å². The predicted octanol–water partition coefficient (Wildman–Crippen LogP) is 4.29. The maximum absolute atomic E-state index is 11.8. The Kier molecular flexibility index (Phi) is 11.2. The highest BCUT2D eigenvalue weighted by atomic mass is 127. The van der Waals surface area contributed by atoms with Crippen LogP contribution in [0.5, 0.6) is 0 Å². The monoisotopic (exact) mass is 528 g/mol. The number of carbonyl (C=O) groups is 1. The summed E-state index contributed by atoms with van der Waals surface area (Å²) in [5, 5.41) is 7.91. The Bertz CT molecular complexity index is 638. The highest BCUT2D eigenvalue weighted by Crippen LogP contribution is 2.21. The number of nitrogens with zero attached hydrogens (tertiary/aromatic N) is 2. The molecule has 152 valence electrons. The van der Waals surface area contributed by atoms with E-state index in [-0.39, 0.29) is 36.1 Å². The molecule has 1 aliphatic heterocycles. The fourth-order valence-corrected chi connectivity index (χ4v) is 3.22. The van der Waals surface area contributed by atoms with Crippen molar-refractivity contribution in [2.24, 2.45) is 4.99 Å². The first kappa shape index (κ1) is 24.1. The van der Waals surface area contributed by atoms with Crippen LogP contribution in [-0.2, 0) is 11.3 Å². The normalized spacial score (nSPS) is 15.1. The van der Waals surface area contributed by atoms with Crippen LogP contribution in [0.4, 0.5) is 4.79 Å². The van der Waals surface area contributed by atoms with E-state index in [0.717, 1.165) is 30.9 Å². The topological polar surface area (TPSA) is 66.0 Å². The molecule has 1 saturated heterocycles. The number of carbonyl (C=O) groups excluding carboxylic acids is 1. The molecular formula is C18H27Cl2IN4O2. The van der Waals surface area contributed by atoms with E-state index in [9.17, 15) is 4.79 Å². The Balaban J connectivity index is 0.00000364. The average molecular weight is 529 g/mol. The maximum atomic E-state index is 11.8. The van der Waals surface area contributed by atoms with Crippen molar-refractivity contribution in [3.63, 3.8) is 0 Å². The number of likely N-dealkylation sites (tertiary alicyclic amines) is 1. The fraction of sp³-hybridized carbons (Fsp3) is 0.556. The largest absolute Gasteiger partial charge is 0.450 e. The van der Waals surface area contributed by atoms with E-state index >= 15 is 0 Å². The van der Waals surface area contributed by atoms with Gasteiger partial charge in [0.15, 0.2) is 5.96 Å². The predicted molar refractivity (Wildman–Crippen MR) is 121 cm³/mol. The minimum atomic E-state index is -0.232. The first-order chi connectivity index (χ1) is 12.5. The van der Waals surface area contributed by atoms with Gasteiger partial charge in [0.25, 0.3) is 0 Å². The van der Waals surface area contributed by atoms with Gasteiger partial charge >= 0.3 is 6.09 Å². The van der Waals surface area contributed by atoms with Crippen LogP contribution >= 0.6 is 47.2 Å². The molecule has 2 rings (SSSR count). The van der Waals surface area contributed by atoms with E-state index in [1.807, 2.05) is 26.0 Å². The highest BCUT2D eigenvalue weighted by molar-refractivity contribution is 14.0. The van der Waals surface area contributed by atoms with E-state index in [1.54, 1.807) is 11.0 Å². The first-order valence-electron chi connectivity index (χ1n) is 8.94. The van der Waals surface area contributed by atoms with E-state index in [0.29, 0.717) is 36.3 Å². The molecular weight excluding hydrogens is 502 g/mol. The Labute approximate surface area is 188 Å². The van der Waals surface area contributed by atoms with Crippen LogP contribution in [0.1, 0.15) is 32.3 Å². The number of halogens is 3. The molecule has 1 fully saturated rings. The number of guanidine groups is 1. The summed E-state index contributed by atoms with van der Waals surface area (Å²) in [6, 6.07) is 5.68. The minimum Gasteiger partial charge on any atom is -0.450 e. The first-order valence-corrected chi connectivity index (χ1v) is 9.69. The van der Waals surface area contributed by atoms with Crippen molar-refractivity contribution in [3.05, 3.63) is 33.8 Å². The summed E-state index contributed by atoms with van der Waals surface area (Å²) < 4.78 is 5.05. The molecule has 0 spiro atoms. The van der Waals surface area contributed by atoms with Crippen molar-refractivity contribution in [2.45, 2.75) is 39.3 Å². The van der Waals surface area contributed by atoms with Crippen molar-refractivity contribution in [3.8, 4) is 0 Å². The van der Waals surface area contributed by atoms with Crippen LogP contribution < -0.4 is 10.6 Å². The lowest BCUT2D eigenvalue weighted by atomic mass is 10.1. The van der Waals surface area contributed by atoms with Gasteiger partial charge in [-0.05, 0) is 44.4 Å². The zero-order valence-corrected chi connectivity index (χ0v) is 19.5. The number of aliphatic imine (C=N–C) groups is 1. The molecule has 0 saturated carbocycles. The van der Waals surface area contributed by atoms with Gasteiger partial charge in [-0.15, -0.1) is 24.0 Å². The molecule has 0 aliphatic carbocycles. The smallest absolute Gasteiger partial charge is 0.409 e. The minimum absolute atomic E-state index is 0. The molecule has 1 aromatic carbocycles. The number of ether oxygens (including phenoxy) is 1. The number of nitrogens with one attached hydrogen (secondary N) is 2. The second kappa shape index (κ2) is 12.5. The molecule has 9 heteroatoms. The molecule has 0 bridgehead atoms. The number of hydrogen-bond donors (Lipinski definition) is 2. The van der Waals surface area contributed by atoms with Crippen LogP contribution in [0.3, 0.4) is 0 Å². The molecule has 0 aromatic heterocycles. The van der Waals surface area contributed by atoms with Gasteiger partial charge in [0.2, 0.25) is 0 Å². The standard InChI is InChI=1S/C18H26Cl2N4O2.HI/c1-3-21-17(22-12-13-5-6-14(19)11-16(13)20)23-15-7-9-24(10-8-15)18(25)26-4-2;/h5-6,11,15H,3-4,7-10,12H2,1-2H3,(H2,21,22,23);1H. The summed E-state index contributed by atoms with van der Waals surface area (Å²) in [5.74, 6) is 0.744. The lowest BCUT2D eigenvalue weighted by Crippen LogP contribution is -2.49. The van der Waals surface area contributed by atoms with Gasteiger partial charge in [-0.1, -0.05) is 29.3 Å². The Morgan fingerprint density at radius 2 is 2.00 bits per heavy atom. The van der Waals surface area contributed by atoms with Gasteiger partial charge in [0.1, 0.15) is 0 Å². The van der Waals surface area contributed by atoms with Crippen LogP contribution in [0.15, 0.2) is 23.2 Å². The molecule has 1 amide bonds. The van der Waals surface area contributed by atoms with E-state index in [2.05, 4.69) is 15.6 Å². The highest BCUT2D eigenvalue weighted by Gasteiger charge is 2.24. The lowest BCUT2D eigenvalue weighted by molar-refractivity contribution is 0.0963. The molecule has 6 nitrogen and oxygen atoms in total. The second-order valence-corrected chi connectivity index (χ2v) is 6.88. The number of hydrogen-bond acceptors (Lipinski definition) is 3. The third-order valence-corrected chi connectivity index (χ3v) is 4.72. The second-order valence-electron chi connectivity index (χ2n) is 6.04.